The fraction of sp³-hybridized carbons (Fsp3) is 0.429. The van der Waals surface area contributed by atoms with Crippen molar-refractivity contribution < 1.29 is 22.7 Å². The van der Waals surface area contributed by atoms with E-state index >= 15 is 0 Å². The van der Waals surface area contributed by atoms with Gasteiger partial charge in [0.2, 0.25) is 5.91 Å². The van der Waals surface area contributed by atoms with Crippen molar-refractivity contribution in [3.8, 4) is 5.75 Å². The standard InChI is InChI=1S/C14H14F3N3O2S.ClH/c1-7(8-5-18-6-8)12(21)20-13-19-10-3-2-9(4-11(10)23-13)22-14(15,16)17;/h2-4,7-8,18H,5-6H2,1H3,(H,19,20,21);1H. The van der Waals surface area contributed by atoms with Crippen LogP contribution in [0.25, 0.3) is 10.2 Å². The number of alkyl halides is 3. The minimum atomic E-state index is -4.73. The first-order valence-electron chi connectivity index (χ1n) is 7.00. The summed E-state index contributed by atoms with van der Waals surface area (Å²) in [6, 6.07) is 3.89. The molecule has 2 aromatic rings. The Balaban J connectivity index is 0.00000208. The first-order valence-corrected chi connectivity index (χ1v) is 7.81. The fourth-order valence-electron chi connectivity index (χ4n) is 2.25. The van der Waals surface area contributed by atoms with Crippen molar-refractivity contribution in [2.45, 2.75) is 13.3 Å². The highest BCUT2D eigenvalue weighted by Gasteiger charge is 2.31. The topological polar surface area (TPSA) is 63.2 Å². The molecular formula is C14H15ClF3N3O2S. The highest BCUT2D eigenvalue weighted by molar-refractivity contribution is 7.22. The van der Waals surface area contributed by atoms with Crippen molar-refractivity contribution in [3.63, 3.8) is 0 Å². The monoisotopic (exact) mass is 381 g/mol. The number of ether oxygens (including phenoxy) is 1. The van der Waals surface area contributed by atoms with Crippen LogP contribution in [0, 0.1) is 11.8 Å². The summed E-state index contributed by atoms with van der Waals surface area (Å²) in [6.07, 6.45) is -4.73. The second kappa shape index (κ2) is 7.12. The van der Waals surface area contributed by atoms with E-state index in [-0.39, 0.29) is 30.0 Å². The van der Waals surface area contributed by atoms with Crippen molar-refractivity contribution in [2.24, 2.45) is 11.8 Å². The van der Waals surface area contributed by atoms with E-state index in [1.807, 2.05) is 6.92 Å². The summed E-state index contributed by atoms with van der Waals surface area (Å²) in [5.41, 5.74) is 0.512. The second-order valence-corrected chi connectivity index (χ2v) is 6.42. The molecule has 1 fully saturated rings. The van der Waals surface area contributed by atoms with E-state index in [4.69, 9.17) is 0 Å². The van der Waals surface area contributed by atoms with E-state index < -0.39 is 6.36 Å². The smallest absolute Gasteiger partial charge is 0.406 e. The largest absolute Gasteiger partial charge is 0.573 e. The number of nitrogens with zero attached hydrogens (tertiary/aromatic N) is 1. The average Bonchev–Trinajstić information content (AvgIpc) is 2.76. The van der Waals surface area contributed by atoms with Crippen LogP contribution in [0.1, 0.15) is 6.92 Å². The Bertz CT molecular complexity index is 734. The predicted molar refractivity (Wildman–Crippen MR) is 87.7 cm³/mol. The van der Waals surface area contributed by atoms with E-state index in [2.05, 4.69) is 20.4 Å². The normalized spacial score (nSPS) is 16.2. The van der Waals surface area contributed by atoms with Gasteiger partial charge in [0.05, 0.1) is 10.2 Å². The van der Waals surface area contributed by atoms with Gasteiger partial charge in [-0.25, -0.2) is 4.98 Å². The summed E-state index contributed by atoms with van der Waals surface area (Å²) >= 11 is 1.11. The molecule has 1 unspecified atom stereocenters. The molecule has 2 N–H and O–H groups in total. The number of hydrogen-bond acceptors (Lipinski definition) is 5. The Labute approximate surface area is 146 Å². The minimum absolute atomic E-state index is 0. The molecule has 0 aliphatic carbocycles. The molecule has 1 saturated heterocycles. The maximum atomic E-state index is 12.2. The molecule has 0 bridgehead atoms. The third-order valence-corrected chi connectivity index (χ3v) is 4.69. The molecule has 1 aromatic heterocycles. The molecule has 10 heteroatoms. The number of fused-ring (bicyclic) bond motifs is 1. The molecule has 0 saturated carbocycles. The van der Waals surface area contributed by atoms with Crippen LogP contribution in [0.4, 0.5) is 18.3 Å². The van der Waals surface area contributed by atoms with Crippen LogP contribution in [0.3, 0.4) is 0 Å². The molecule has 1 aromatic carbocycles. The van der Waals surface area contributed by atoms with Crippen LogP contribution in [-0.4, -0.2) is 30.3 Å². The van der Waals surface area contributed by atoms with Crippen molar-refractivity contribution in [3.05, 3.63) is 18.2 Å². The zero-order chi connectivity index (χ0) is 16.6. The highest BCUT2D eigenvalue weighted by atomic mass is 35.5. The lowest BCUT2D eigenvalue weighted by atomic mass is 9.88. The van der Waals surface area contributed by atoms with Crippen LogP contribution in [0.5, 0.6) is 5.75 Å². The van der Waals surface area contributed by atoms with E-state index in [1.165, 1.54) is 18.2 Å². The number of carbonyl (C=O) groups is 1. The molecule has 5 nitrogen and oxygen atoms in total. The summed E-state index contributed by atoms with van der Waals surface area (Å²) in [6.45, 7) is 3.47. The number of amides is 1. The Kier molecular flexibility index (Phi) is 5.56. The predicted octanol–water partition coefficient (Wildman–Crippen LogP) is 3.41. The van der Waals surface area contributed by atoms with Gasteiger partial charge in [-0.05, 0) is 31.1 Å². The van der Waals surface area contributed by atoms with Crippen LogP contribution in [-0.2, 0) is 4.79 Å². The van der Waals surface area contributed by atoms with E-state index in [9.17, 15) is 18.0 Å². The number of carbonyl (C=O) groups excluding carboxylic acids is 1. The third kappa shape index (κ3) is 4.28. The fourth-order valence-corrected chi connectivity index (χ4v) is 3.15. The maximum Gasteiger partial charge on any atom is 0.573 e. The van der Waals surface area contributed by atoms with E-state index in [1.54, 1.807) is 0 Å². The molecule has 2 heterocycles. The summed E-state index contributed by atoms with van der Waals surface area (Å²) in [5, 5.41) is 6.20. The van der Waals surface area contributed by atoms with Gasteiger partial charge in [-0.1, -0.05) is 18.3 Å². The number of nitrogens with one attached hydrogen (secondary N) is 2. The third-order valence-electron chi connectivity index (χ3n) is 3.76. The lowest BCUT2D eigenvalue weighted by Gasteiger charge is -2.31. The van der Waals surface area contributed by atoms with Crippen molar-refractivity contribution in [1.29, 1.82) is 0 Å². The van der Waals surface area contributed by atoms with Crippen molar-refractivity contribution in [1.82, 2.24) is 10.3 Å². The Morgan fingerprint density at radius 1 is 1.46 bits per heavy atom. The molecular weight excluding hydrogens is 367 g/mol. The first kappa shape index (κ1) is 18.8. The highest BCUT2D eigenvalue weighted by Crippen LogP contribution is 2.32. The summed E-state index contributed by atoms with van der Waals surface area (Å²) in [4.78, 5) is 16.3. The van der Waals surface area contributed by atoms with Crippen LogP contribution in [0.2, 0.25) is 0 Å². The first-order chi connectivity index (χ1) is 10.8. The van der Waals surface area contributed by atoms with Gasteiger partial charge < -0.3 is 15.4 Å². The molecule has 132 valence electrons. The Morgan fingerprint density at radius 3 is 2.75 bits per heavy atom. The quantitative estimate of drug-likeness (QED) is 0.852. The van der Waals surface area contributed by atoms with Crippen molar-refractivity contribution in [2.75, 3.05) is 18.4 Å². The number of halogens is 4. The minimum Gasteiger partial charge on any atom is -0.406 e. The van der Waals surface area contributed by atoms with E-state index in [0.717, 1.165) is 24.4 Å². The Hall–Kier alpha value is -1.58. The summed E-state index contributed by atoms with van der Waals surface area (Å²) in [5.74, 6) is -0.286. The van der Waals surface area contributed by atoms with Crippen molar-refractivity contribution >= 4 is 45.0 Å². The zero-order valence-corrected chi connectivity index (χ0v) is 14.1. The molecule has 1 amide bonds. The number of anilines is 1. The molecule has 24 heavy (non-hydrogen) atoms. The lowest BCUT2D eigenvalue weighted by Crippen LogP contribution is -2.48. The van der Waals surface area contributed by atoms with Gasteiger partial charge in [0.1, 0.15) is 5.75 Å². The lowest BCUT2D eigenvalue weighted by molar-refractivity contribution is -0.274. The molecule has 1 aliphatic rings. The van der Waals surface area contributed by atoms with Crippen LogP contribution >= 0.6 is 23.7 Å². The van der Waals surface area contributed by atoms with Gasteiger partial charge in [-0.15, -0.1) is 25.6 Å². The van der Waals surface area contributed by atoms with Gasteiger partial charge in [-0.3, -0.25) is 4.79 Å². The molecule has 0 radical (unpaired) electrons. The molecule has 1 aliphatic heterocycles. The molecule has 3 rings (SSSR count). The maximum absolute atomic E-state index is 12.2. The van der Waals surface area contributed by atoms with E-state index in [0.29, 0.717) is 21.3 Å². The summed E-state index contributed by atoms with van der Waals surface area (Å²) < 4.78 is 41.1. The number of hydrogen-bond donors (Lipinski definition) is 2. The van der Waals surface area contributed by atoms with Crippen LogP contribution < -0.4 is 15.4 Å². The number of benzene rings is 1. The SMILES string of the molecule is CC(C(=O)Nc1nc2ccc(OC(F)(F)F)cc2s1)C1CNC1.Cl. The molecule has 1 atom stereocenters. The molecule has 0 spiro atoms. The Morgan fingerprint density at radius 2 is 2.17 bits per heavy atom. The number of thiazole rings is 1. The van der Waals surface area contributed by atoms with Gasteiger partial charge in [0.15, 0.2) is 5.13 Å². The number of aromatic nitrogens is 1. The number of rotatable bonds is 4. The average molecular weight is 382 g/mol. The van der Waals surface area contributed by atoms with Gasteiger partial charge in [-0.2, -0.15) is 0 Å². The van der Waals surface area contributed by atoms with Crippen LogP contribution in [0.15, 0.2) is 18.2 Å². The van der Waals surface area contributed by atoms with Gasteiger partial charge >= 0.3 is 6.36 Å². The zero-order valence-electron chi connectivity index (χ0n) is 12.5. The second-order valence-electron chi connectivity index (χ2n) is 5.39. The summed E-state index contributed by atoms with van der Waals surface area (Å²) in [7, 11) is 0. The van der Waals surface area contributed by atoms with Gasteiger partial charge in [0, 0.05) is 12.0 Å². The van der Waals surface area contributed by atoms with Gasteiger partial charge in [0.25, 0.3) is 0 Å².